The summed E-state index contributed by atoms with van der Waals surface area (Å²) >= 11 is 0. The van der Waals surface area contributed by atoms with Crippen LogP contribution in [0.1, 0.15) is 13.8 Å². The van der Waals surface area contributed by atoms with Gasteiger partial charge in [0.1, 0.15) is 0 Å². The molecule has 78 valence electrons. The first-order valence-corrected chi connectivity index (χ1v) is 5.82. The van der Waals surface area contributed by atoms with Crippen LogP contribution in [-0.4, -0.2) is 49.8 Å². The summed E-state index contributed by atoms with van der Waals surface area (Å²) < 4.78 is 23.5. The van der Waals surface area contributed by atoms with Crippen LogP contribution < -0.4 is 5.14 Å². The van der Waals surface area contributed by atoms with Crippen LogP contribution in [0.15, 0.2) is 0 Å². The fourth-order valence-corrected chi connectivity index (χ4v) is 2.41. The molecule has 1 heterocycles. The van der Waals surface area contributed by atoms with Crippen molar-refractivity contribution in [2.24, 2.45) is 5.14 Å². The fraction of sp³-hybridized carbons (Fsp3) is 1.00. The van der Waals surface area contributed by atoms with Gasteiger partial charge in [-0.05, 0) is 20.9 Å². The summed E-state index contributed by atoms with van der Waals surface area (Å²) in [6.45, 7) is 4.96. The molecule has 0 radical (unpaired) electrons. The van der Waals surface area contributed by atoms with Crippen LogP contribution in [-0.2, 0) is 10.2 Å². The van der Waals surface area contributed by atoms with Gasteiger partial charge in [-0.15, -0.1) is 0 Å². The van der Waals surface area contributed by atoms with Gasteiger partial charge >= 0.3 is 0 Å². The van der Waals surface area contributed by atoms with Gasteiger partial charge in [-0.1, -0.05) is 0 Å². The zero-order chi connectivity index (χ0) is 10.2. The Bertz CT molecular complexity index is 265. The first kappa shape index (κ1) is 10.9. The van der Waals surface area contributed by atoms with Crippen molar-refractivity contribution in [3.05, 3.63) is 0 Å². The standard InChI is InChI=1S/C7H17N3O2S/c1-6-4-10(13(8,11)12)5-7(2)9(6)3/h6-7H,4-5H2,1-3H3,(H2,8,11,12). The molecule has 0 aromatic rings. The van der Waals surface area contributed by atoms with Crippen LogP contribution in [0.5, 0.6) is 0 Å². The molecule has 0 saturated carbocycles. The second-order valence-corrected chi connectivity index (χ2v) is 5.27. The Morgan fingerprint density at radius 1 is 1.23 bits per heavy atom. The number of nitrogens with zero attached hydrogens (tertiary/aromatic N) is 2. The monoisotopic (exact) mass is 207 g/mol. The van der Waals surface area contributed by atoms with Gasteiger partial charge in [0.2, 0.25) is 0 Å². The molecule has 1 fully saturated rings. The largest absolute Gasteiger partial charge is 0.298 e. The fourth-order valence-electron chi connectivity index (χ4n) is 1.56. The molecular formula is C7H17N3O2S. The van der Waals surface area contributed by atoms with Crippen molar-refractivity contribution in [1.29, 1.82) is 0 Å². The molecule has 2 atom stereocenters. The van der Waals surface area contributed by atoms with Gasteiger partial charge in [0.15, 0.2) is 0 Å². The van der Waals surface area contributed by atoms with Crippen LogP contribution in [0.3, 0.4) is 0 Å². The van der Waals surface area contributed by atoms with Crippen molar-refractivity contribution in [3.63, 3.8) is 0 Å². The molecule has 1 aliphatic heterocycles. The molecule has 0 aromatic carbocycles. The molecule has 2 N–H and O–H groups in total. The molecule has 1 aliphatic rings. The Hall–Kier alpha value is -0.170. The minimum Gasteiger partial charge on any atom is -0.298 e. The third kappa shape index (κ3) is 2.40. The Labute approximate surface area is 79.7 Å². The van der Waals surface area contributed by atoms with Crippen LogP contribution >= 0.6 is 0 Å². The van der Waals surface area contributed by atoms with Gasteiger partial charge in [0, 0.05) is 25.2 Å². The Kier molecular flexibility index (Phi) is 2.96. The van der Waals surface area contributed by atoms with E-state index < -0.39 is 10.2 Å². The van der Waals surface area contributed by atoms with Crippen LogP contribution in [0.2, 0.25) is 0 Å². The van der Waals surface area contributed by atoms with E-state index in [4.69, 9.17) is 5.14 Å². The van der Waals surface area contributed by atoms with E-state index in [9.17, 15) is 8.42 Å². The zero-order valence-corrected chi connectivity index (χ0v) is 9.08. The predicted molar refractivity (Wildman–Crippen MR) is 51.4 cm³/mol. The highest BCUT2D eigenvalue weighted by Crippen LogP contribution is 2.14. The lowest BCUT2D eigenvalue weighted by molar-refractivity contribution is 0.105. The number of hydrogen-bond acceptors (Lipinski definition) is 3. The normalized spacial score (nSPS) is 33.5. The van der Waals surface area contributed by atoms with E-state index in [1.165, 1.54) is 4.31 Å². The Balaban J connectivity index is 2.75. The van der Waals surface area contributed by atoms with Gasteiger partial charge in [0.25, 0.3) is 10.2 Å². The van der Waals surface area contributed by atoms with Crippen LogP contribution in [0.25, 0.3) is 0 Å². The molecule has 0 spiro atoms. The summed E-state index contributed by atoms with van der Waals surface area (Å²) in [5.74, 6) is 0. The summed E-state index contributed by atoms with van der Waals surface area (Å²) in [6, 6.07) is 0.448. The second kappa shape index (κ2) is 3.53. The number of hydrogen-bond donors (Lipinski definition) is 1. The molecule has 6 heteroatoms. The lowest BCUT2D eigenvalue weighted by atomic mass is 10.1. The topological polar surface area (TPSA) is 66.6 Å². The Morgan fingerprint density at radius 3 is 1.92 bits per heavy atom. The third-order valence-electron chi connectivity index (χ3n) is 2.69. The SMILES string of the molecule is CC1CN(S(N)(=O)=O)CC(C)N1C. The van der Waals surface area contributed by atoms with E-state index in [1.54, 1.807) is 0 Å². The number of piperazine rings is 1. The molecule has 0 bridgehead atoms. The third-order valence-corrected chi connectivity index (χ3v) is 3.70. The Morgan fingerprint density at radius 2 is 1.62 bits per heavy atom. The summed E-state index contributed by atoms with van der Waals surface area (Å²) in [7, 11) is -1.51. The molecule has 0 amide bonds. The molecule has 1 rings (SSSR count). The maximum atomic E-state index is 11.1. The van der Waals surface area contributed by atoms with E-state index in [0.717, 1.165) is 0 Å². The molecule has 5 nitrogen and oxygen atoms in total. The number of likely N-dealkylation sites (N-methyl/N-ethyl adjacent to an activating group) is 1. The maximum absolute atomic E-state index is 11.1. The summed E-state index contributed by atoms with van der Waals surface area (Å²) in [5, 5.41) is 5.06. The quantitative estimate of drug-likeness (QED) is 0.613. The highest BCUT2D eigenvalue weighted by Gasteiger charge is 2.31. The minimum atomic E-state index is -3.51. The molecule has 1 saturated heterocycles. The van der Waals surface area contributed by atoms with Gasteiger partial charge in [-0.25, -0.2) is 5.14 Å². The highest BCUT2D eigenvalue weighted by molar-refractivity contribution is 7.86. The molecular weight excluding hydrogens is 190 g/mol. The zero-order valence-electron chi connectivity index (χ0n) is 8.27. The summed E-state index contributed by atoms with van der Waals surface area (Å²) in [6.07, 6.45) is 0. The summed E-state index contributed by atoms with van der Waals surface area (Å²) in [5.41, 5.74) is 0. The second-order valence-electron chi connectivity index (χ2n) is 3.73. The van der Waals surface area contributed by atoms with E-state index in [2.05, 4.69) is 4.90 Å². The van der Waals surface area contributed by atoms with Crippen molar-refractivity contribution in [2.45, 2.75) is 25.9 Å². The first-order valence-electron chi connectivity index (χ1n) is 4.32. The van der Waals surface area contributed by atoms with E-state index >= 15 is 0 Å². The van der Waals surface area contributed by atoms with Crippen molar-refractivity contribution < 1.29 is 8.42 Å². The predicted octanol–water partition coefficient (Wildman–Crippen LogP) is -0.786. The number of nitrogens with two attached hydrogens (primary N) is 1. The minimum absolute atomic E-state index is 0.224. The maximum Gasteiger partial charge on any atom is 0.277 e. The average Bonchev–Trinajstić information content (AvgIpc) is 1.97. The van der Waals surface area contributed by atoms with Crippen LogP contribution in [0, 0.1) is 0 Å². The van der Waals surface area contributed by atoms with Crippen molar-refractivity contribution >= 4 is 10.2 Å². The molecule has 13 heavy (non-hydrogen) atoms. The van der Waals surface area contributed by atoms with Crippen molar-refractivity contribution in [2.75, 3.05) is 20.1 Å². The first-order chi connectivity index (χ1) is 5.82. The van der Waals surface area contributed by atoms with Crippen LogP contribution in [0.4, 0.5) is 0 Å². The van der Waals surface area contributed by atoms with Gasteiger partial charge < -0.3 is 0 Å². The molecule has 2 unspecified atom stereocenters. The van der Waals surface area contributed by atoms with Crippen molar-refractivity contribution in [3.8, 4) is 0 Å². The van der Waals surface area contributed by atoms with E-state index in [0.29, 0.717) is 13.1 Å². The van der Waals surface area contributed by atoms with Gasteiger partial charge in [0.05, 0.1) is 0 Å². The highest BCUT2D eigenvalue weighted by atomic mass is 32.2. The summed E-state index contributed by atoms with van der Waals surface area (Å²) in [4.78, 5) is 2.15. The van der Waals surface area contributed by atoms with Gasteiger partial charge in [-0.3, -0.25) is 4.90 Å². The smallest absolute Gasteiger partial charge is 0.277 e. The molecule has 0 aliphatic carbocycles. The number of rotatable bonds is 1. The van der Waals surface area contributed by atoms with Crippen molar-refractivity contribution in [1.82, 2.24) is 9.21 Å². The lowest BCUT2D eigenvalue weighted by Crippen LogP contribution is -2.57. The van der Waals surface area contributed by atoms with E-state index in [1.807, 2.05) is 20.9 Å². The van der Waals surface area contributed by atoms with E-state index in [-0.39, 0.29) is 12.1 Å². The molecule has 0 aromatic heterocycles. The average molecular weight is 207 g/mol. The van der Waals surface area contributed by atoms with Gasteiger partial charge in [-0.2, -0.15) is 12.7 Å². The lowest BCUT2D eigenvalue weighted by Gasteiger charge is -2.40.